The van der Waals surface area contributed by atoms with Crippen LogP contribution in [0.3, 0.4) is 0 Å². The number of hydrogen-bond donors (Lipinski definition) is 1. The SMILES string of the molecule is CC(C)(C)Oc1nc(Br)ncc1N. The fourth-order valence-corrected chi connectivity index (χ4v) is 0.990. The Balaban J connectivity index is 2.94. The van der Waals surface area contributed by atoms with Crippen molar-refractivity contribution < 1.29 is 4.74 Å². The molecule has 0 aliphatic rings. The lowest BCUT2D eigenvalue weighted by Crippen LogP contribution is -2.24. The van der Waals surface area contributed by atoms with Crippen LogP contribution in [-0.2, 0) is 0 Å². The predicted octanol–water partition coefficient (Wildman–Crippen LogP) is 2.00. The molecule has 13 heavy (non-hydrogen) atoms. The number of aromatic nitrogens is 2. The van der Waals surface area contributed by atoms with Crippen molar-refractivity contribution >= 4 is 21.6 Å². The largest absolute Gasteiger partial charge is 0.470 e. The van der Waals surface area contributed by atoms with E-state index >= 15 is 0 Å². The molecular weight excluding hydrogens is 234 g/mol. The second kappa shape index (κ2) is 3.49. The first kappa shape index (κ1) is 10.2. The molecule has 0 unspecified atom stereocenters. The lowest BCUT2D eigenvalue weighted by molar-refractivity contribution is 0.125. The normalized spacial score (nSPS) is 11.4. The van der Waals surface area contributed by atoms with Gasteiger partial charge in [-0.2, -0.15) is 4.98 Å². The van der Waals surface area contributed by atoms with Gasteiger partial charge in [0, 0.05) is 0 Å². The van der Waals surface area contributed by atoms with Crippen LogP contribution in [0, 0.1) is 0 Å². The highest BCUT2D eigenvalue weighted by Crippen LogP contribution is 2.23. The van der Waals surface area contributed by atoms with Crippen molar-refractivity contribution in [2.24, 2.45) is 0 Å². The van der Waals surface area contributed by atoms with E-state index in [-0.39, 0.29) is 5.60 Å². The molecule has 0 spiro atoms. The fourth-order valence-electron chi connectivity index (χ4n) is 0.727. The van der Waals surface area contributed by atoms with Crippen molar-refractivity contribution in [2.75, 3.05) is 5.73 Å². The van der Waals surface area contributed by atoms with E-state index in [4.69, 9.17) is 10.5 Å². The van der Waals surface area contributed by atoms with Crippen LogP contribution in [0.4, 0.5) is 5.69 Å². The van der Waals surface area contributed by atoms with Crippen molar-refractivity contribution in [2.45, 2.75) is 26.4 Å². The summed E-state index contributed by atoms with van der Waals surface area (Å²) in [5, 5.41) is 0. The summed E-state index contributed by atoms with van der Waals surface area (Å²) in [4.78, 5) is 7.89. The lowest BCUT2D eigenvalue weighted by atomic mass is 10.2. The molecule has 0 radical (unpaired) electrons. The minimum absolute atomic E-state index is 0.304. The Labute approximate surface area is 85.7 Å². The van der Waals surface area contributed by atoms with E-state index in [1.165, 1.54) is 6.20 Å². The Morgan fingerprint density at radius 3 is 2.62 bits per heavy atom. The number of halogens is 1. The highest BCUT2D eigenvalue weighted by Gasteiger charge is 2.15. The van der Waals surface area contributed by atoms with Gasteiger partial charge in [0.15, 0.2) is 4.73 Å². The van der Waals surface area contributed by atoms with Crippen molar-refractivity contribution in [3.05, 3.63) is 10.9 Å². The van der Waals surface area contributed by atoms with E-state index in [1.54, 1.807) is 0 Å². The molecule has 0 aliphatic carbocycles. The molecule has 5 heteroatoms. The van der Waals surface area contributed by atoms with E-state index in [1.807, 2.05) is 20.8 Å². The molecule has 1 heterocycles. The molecule has 0 saturated heterocycles. The molecule has 2 N–H and O–H groups in total. The molecule has 0 fully saturated rings. The van der Waals surface area contributed by atoms with Crippen molar-refractivity contribution in [3.63, 3.8) is 0 Å². The molecule has 0 aliphatic heterocycles. The molecule has 0 saturated carbocycles. The minimum Gasteiger partial charge on any atom is -0.470 e. The zero-order valence-corrected chi connectivity index (χ0v) is 9.42. The molecule has 0 bridgehead atoms. The van der Waals surface area contributed by atoms with Gasteiger partial charge in [0.25, 0.3) is 0 Å². The van der Waals surface area contributed by atoms with E-state index in [2.05, 4.69) is 25.9 Å². The molecule has 4 nitrogen and oxygen atoms in total. The van der Waals surface area contributed by atoms with Crippen LogP contribution >= 0.6 is 15.9 Å². The predicted molar refractivity (Wildman–Crippen MR) is 54.5 cm³/mol. The summed E-state index contributed by atoms with van der Waals surface area (Å²) in [5.41, 5.74) is 5.76. The second-order valence-corrected chi connectivity index (χ2v) is 4.32. The number of anilines is 1. The maximum Gasteiger partial charge on any atom is 0.241 e. The molecule has 1 rings (SSSR count). The number of ether oxygens (including phenoxy) is 1. The number of nitrogens with zero attached hydrogens (tertiary/aromatic N) is 2. The van der Waals surface area contributed by atoms with Crippen molar-refractivity contribution in [1.82, 2.24) is 9.97 Å². The van der Waals surface area contributed by atoms with Gasteiger partial charge in [-0.25, -0.2) is 4.98 Å². The number of nitrogen functional groups attached to an aromatic ring is 1. The summed E-state index contributed by atoms with van der Waals surface area (Å²) in [5.74, 6) is 0.411. The topological polar surface area (TPSA) is 61.0 Å². The molecular formula is C8H12BrN3O. The standard InChI is InChI=1S/C8H12BrN3O/c1-8(2,3)13-6-5(10)4-11-7(9)12-6/h4H,10H2,1-3H3. The molecule has 0 atom stereocenters. The highest BCUT2D eigenvalue weighted by atomic mass is 79.9. The third-order valence-corrected chi connectivity index (χ3v) is 1.54. The van der Waals surface area contributed by atoms with Crippen LogP contribution in [0.5, 0.6) is 5.88 Å². The summed E-state index contributed by atoms with van der Waals surface area (Å²) in [6.45, 7) is 5.80. The van der Waals surface area contributed by atoms with Crippen LogP contribution in [0.2, 0.25) is 0 Å². The zero-order valence-electron chi connectivity index (χ0n) is 7.84. The summed E-state index contributed by atoms with van der Waals surface area (Å²) < 4.78 is 5.98. The van der Waals surface area contributed by atoms with Crippen LogP contribution < -0.4 is 10.5 Å². The third kappa shape index (κ3) is 3.18. The number of nitrogens with two attached hydrogens (primary N) is 1. The average molecular weight is 246 g/mol. The van der Waals surface area contributed by atoms with Gasteiger partial charge in [-0.15, -0.1) is 0 Å². The van der Waals surface area contributed by atoms with E-state index in [0.717, 1.165) is 0 Å². The summed E-state index contributed by atoms with van der Waals surface area (Å²) in [7, 11) is 0. The van der Waals surface area contributed by atoms with Gasteiger partial charge in [-0.05, 0) is 36.7 Å². The van der Waals surface area contributed by atoms with Gasteiger partial charge in [0.1, 0.15) is 11.3 Å². The molecule has 1 aromatic heterocycles. The maximum absolute atomic E-state index is 5.63. The van der Waals surface area contributed by atoms with E-state index < -0.39 is 0 Å². The summed E-state index contributed by atoms with van der Waals surface area (Å²) in [6, 6.07) is 0. The van der Waals surface area contributed by atoms with Crippen LogP contribution in [0.15, 0.2) is 10.9 Å². The van der Waals surface area contributed by atoms with E-state index in [0.29, 0.717) is 16.3 Å². The van der Waals surface area contributed by atoms with E-state index in [9.17, 15) is 0 Å². The van der Waals surface area contributed by atoms with Crippen molar-refractivity contribution in [1.29, 1.82) is 0 Å². The minimum atomic E-state index is -0.304. The fraction of sp³-hybridized carbons (Fsp3) is 0.500. The first-order valence-electron chi connectivity index (χ1n) is 3.85. The first-order valence-corrected chi connectivity index (χ1v) is 4.65. The summed E-state index contributed by atoms with van der Waals surface area (Å²) >= 11 is 3.15. The Hall–Kier alpha value is -0.840. The Morgan fingerprint density at radius 1 is 1.46 bits per heavy atom. The van der Waals surface area contributed by atoms with Gasteiger partial charge in [-0.1, -0.05) is 0 Å². The molecule has 1 aromatic rings. The number of rotatable bonds is 1. The van der Waals surface area contributed by atoms with Crippen LogP contribution in [-0.4, -0.2) is 15.6 Å². The third-order valence-electron chi connectivity index (χ3n) is 1.15. The van der Waals surface area contributed by atoms with Gasteiger partial charge >= 0.3 is 0 Å². The number of hydrogen-bond acceptors (Lipinski definition) is 4. The molecule has 72 valence electrons. The Kier molecular flexibility index (Phi) is 2.75. The van der Waals surface area contributed by atoms with Gasteiger partial charge < -0.3 is 10.5 Å². The zero-order chi connectivity index (χ0) is 10.1. The average Bonchev–Trinajstić information content (AvgIpc) is 1.94. The summed E-state index contributed by atoms with van der Waals surface area (Å²) in [6.07, 6.45) is 1.51. The highest BCUT2D eigenvalue weighted by molar-refractivity contribution is 9.10. The first-order chi connectivity index (χ1) is 5.88. The molecule has 0 amide bonds. The van der Waals surface area contributed by atoms with Gasteiger partial charge in [0.05, 0.1) is 6.20 Å². The van der Waals surface area contributed by atoms with Gasteiger partial charge in [-0.3, -0.25) is 0 Å². The Morgan fingerprint density at radius 2 is 2.08 bits per heavy atom. The quantitative estimate of drug-likeness (QED) is 0.770. The van der Waals surface area contributed by atoms with Crippen molar-refractivity contribution in [3.8, 4) is 5.88 Å². The molecule has 0 aromatic carbocycles. The lowest BCUT2D eigenvalue weighted by Gasteiger charge is -2.20. The second-order valence-electron chi connectivity index (χ2n) is 3.61. The van der Waals surface area contributed by atoms with Gasteiger partial charge in [0.2, 0.25) is 5.88 Å². The smallest absolute Gasteiger partial charge is 0.241 e. The van der Waals surface area contributed by atoms with Crippen LogP contribution in [0.1, 0.15) is 20.8 Å². The Bertz CT molecular complexity index is 309. The van der Waals surface area contributed by atoms with Crippen LogP contribution in [0.25, 0.3) is 0 Å². The maximum atomic E-state index is 5.63. The monoisotopic (exact) mass is 245 g/mol.